The van der Waals surface area contributed by atoms with E-state index in [1.807, 2.05) is 0 Å². The molecule has 1 aromatic heterocycles. The lowest BCUT2D eigenvalue weighted by atomic mass is 10.1. The number of ether oxygens (including phenoxy) is 2. The van der Waals surface area contributed by atoms with Crippen molar-refractivity contribution >= 4 is 21.8 Å². The highest BCUT2D eigenvalue weighted by atomic mass is 32.2. The molecule has 0 saturated carbocycles. The number of primary sulfonamides is 1. The molecule has 0 bridgehead atoms. The van der Waals surface area contributed by atoms with Crippen LogP contribution in [0.25, 0.3) is 0 Å². The van der Waals surface area contributed by atoms with Gasteiger partial charge in [-0.1, -0.05) is 0 Å². The topological polar surface area (TPSA) is 126 Å². The number of carbonyl (C=O) groups is 2. The third kappa shape index (κ3) is 4.55. The second-order valence-electron chi connectivity index (χ2n) is 5.85. The second-order valence-corrected chi connectivity index (χ2v) is 7.35. The number of esters is 1. The van der Waals surface area contributed by atoms with Crippen LogP contribution in [-0.4, -0.2) is 26.8 Å². The highest BCUT2D eigenvalue weighted by molar-refractivity contribution is 7.89. The fraction of sp³-hybridized carbons (Fsp3) is 0.333. The number of rotatable bonds is 7. The Morgan fingerprint density at radius 2 is 1.85 bits per heavy atom. The number of hydrogen-bond acceptors (Lipinski definition) is 7. The van der Waals surface area contributed by atoms with E-state index in [4.69, 9.17) is 19.0 Å². The molecule has 0 aliphatic rings. The summed E-state index contributed by atoms with van der Waals surface area (Å²) >= 11 is 0. The molecule has 0 atom stereocenters. The summed E-state index contributed by atoms with van der Waals surface area (Å²) in [7, 11) is -4.17. The van der Waals surface area contributed by atoms with Gasteiger partial charge in [-0.25, -0.2) is 18.4 Å². The maximum absolute atomic E-state index is 12.5. The average molecular weight is 395 g/mol. The van der Waals surface area contributed by atoms with Crippen LogP contribution in [0, 0.1) is 13.8 Å². The largest absolute Gasteiger partial charge is 0.493 e. The van der Waals surface area contributed by atoms with Crippen molar-refractivity contribution in [3.63, 3.8) is 0 Å². The summed E-state index contributed by atoms with van der Waals surface area (Å²) in [4.78, 5) is 23.7. The zero-order chi connectivity index (χ0) is 20.4. The number of benzene rings is 1. The molecule has 0 aliphatic heterocycles. The summed E-state index contributed by atoms with van der Waals surface area (Å²) < 4.78 is 39.5. The SMILES string of the molecule is CCOc1ccc(C(C)=O)cc1COC(=O)c1c(C)oc(C)c1S(N)(=O)=O. The highest BCUT2D eigenvalue weighted by Crippen LogP contribution is 2.27. The van der Waals surface area contributed by atoms with E-state index < -0.39 is 20.9 Å². The molecule has 146 valence electrons. The first-order valence-electron chi connectivity index (χ1n) is 8.12. The maximum Gasteiger partial charge on any atom is 0.343 e. The van der Waals surface area contributed by atoms with Crippen LogP contribution < -0.4 is 9.88 Å². The first-order valence-corrected chi connectivity index (χ1v) is 9.67. The maximum atomic E-state index is 12.5. The second kappa shape index (κ2) is 7.93. The van der Waals surface area contributed by atoms with Crippen molar-refractivity contribution in [2.24, 2.45) is 5.14 Å². The smallest absolute Gasteiger partial charge is 0.343 e. The molecule has 2 N–H and O–H groups in total. The Morgan fingerprint density at radius 1 is 1.19 bits per heavy atom. The molecule has 0 spiro atoms. The summed E-state index contributed by atoms with van der Waals surface area (Å²) in [6, 6.07) is 4.79. The van der Waals surface area contributed by atoms with Crippen LogP contribution in [0.3, 0.4) is 0 Å². The van der Waals surface area contributed by atoms with E-state index >= 15 is 0 Å². The highest BCUT2D eigenvalue weighted by Gasteiger charge is 2.29. The van der Waals surface area contributed by atoms with Crippen LogP contribution in [0.1, 0.15) is 51.6 Å². The van der Waals surface area contributed by atoms with Crippen molar-refractivity contribution in [2.45, 2.75) is 39.2 Å². The van der Waals surface area contributed by atoms with E-state index in [-0.39, 0.29) is 29.5 Å². The lowest BCUT2D eigenvalue weighted by Gasteiger charge is -2.12. The van der Waals surface area contributed by atoms with E-state index in [0.29, 0.717) is 23.5 Å². The van der Waals surface area contributed by atoms with Crippen LogP contribution in [0.2, 0.25) is 0 Å². The Labute approximate surface area is 157 Å². The Kier molecular flexibility index (Phi) is 6.07. The molecule has 1 heterocycles. The van der Waals surface area contributed by atoms with Gasteiger partial charge >= 0.3 is 5.97 Å². The van der Waals surface area contributed by atoms with Crippen molar-refractivity contribution in [3.05, 3.63) is 46.4 Å². The van der Waals surface area contributed by atoms with E-state index in [2.05, 4.69) is 0 Å². The number of sulfonamides is 1. The number of nitrogens with two attached hydrogens (primary N) is 1. The third-order valence-corrected chi connectivity index (χ3v) is 4.88. The lowest BCUT2D eigenvalue weighted by molar-refractivity contribution is 0.0463. The van der Waals surface area contributed by atoms with Crippen molar-refractivity contribution in [1.29, 1.82) is 0 Å². The zero-order valence-corrected chi connectivity index (χ0v) is 16.3. The Balaban J connectivity index is 2.34. The van der Waals surface area contributed by atoms with Gasteiger partial charge in [0.05, 0.1) is 6.61 Å². The molecule has 0 saturated heterocycles. The first kappa shape index (κ1) is 20.7. The minimum absolute atomic E-state index is 0.00975. The molecule has 0 aliphatic carbocycles. The third-order valence-electron chi connectivity index (χ3n) is 3.82. The quantitative estimate of drug-likeness (QED) is 0.564. The Morgan fingerprint density at radius 3 is 2.41 bits per heavy atom. The van der Waals surface area contributed by atoms with Crippen LogP contribution in [0.5, 0.6) is 5.75 Å². The molecule has 0 fully saturated rings. The number of ketones is 1. The van der Waals surface area contributed by atoms with Crippen LogP contribution in [0.15, 0.2) is 27.5 Å². The van der Waals surface area contributed by atoms with Gasteiger partial charge in [-0.2, -0.15) is 0 Å². The molecule has 0 amide bonds. The summed E-state index contributed by atoms with van der Waals surface area (Å²) in [5.41, 5.74) is 0.675. The first-order chi connectivity index (χ1) is 12.6. The van der Waals surface area contributed by atoms with Crippen LogP contribution in [-0.2, 0) is 21.4 Å². The fourth-order valence-corrected chi connectivity index (χ4v) is 3.62. The van der Waals surface area contributed by atoms with Crippen molar-refractivity contribution in [2.75, 3.05) is 6.61 Å². The molecule has 2 rings (SSSR count). The number of hydrogen-bond donors (Lipinski definition) is 1. The Hall–Kier alpha value is -2.65. The molecule has 2 aromatic rings. The van der Waals surface area contributed by atoms with Crippen LogP contribution in [0.4, 0.5) is 0 Å². The summed E-state index contributed by atoms with van der Waals surface area (Å²) in [5.74, 6) is -0.492. The average Bonchev–Trinajstić information content (AvgIpc) is 2.88. The molecule has 27 heavy (non-hydrogen) atoms. The van der Waals surface area contributed by atoms with Gasteiger partial charge in [-0.15, -0.1) is 0 Å². The predicted octanol–water partition coefficient (Wildman–Crippen LogP) is 2.50. The van der Waals surface area contributed by atoms with Crippen molar-refractivity contribution in [1.82, 2.24) is 0 Å². The van der Waals surface area contributed by atoms with Gasteiger partial charge in [0.1, 0.15) is 34.3 Å². The Bertz CT molecular complexity index is 989. The molecule has 8 nitrogen and oxygen atoms in total. The van der Waals surface area contributed by atoms with Gasteiger partial charge in [-0.3, -0.25) is 4.79 Å². The number of carbonyl (C=O) groups excluding carboxylic acids is 2. The zero-order valence-electron chi connectivity index (χ0n) is 15.5. The van der Waals surface area contributed by atoms with Gasteiger partial charge in [0.2, 0.25) is 10.0 Å². The van der Waals surface area contributed by atoms with Crippen molar-refractivity contribution < 1.29 is 31.9 Å². The predicted molar refractivity (Wildman–Crippen MR) is 96.3 cm³/mol. The minimum Gasteiger partial charge on any atom is -0.493 e. The molecular weight excluding hydrogens is 374 g/mol. The van der Waals surface area contributed by atoms with Gasteiger partial charge < -0.3 is 13.9 Å². The lowest BCUT2D eigenvalue weighted by Crippen LogP contribution is -2.18. The molecular formula is C18H21NO7S. The summed E-state index contributed by atoms with van der Waals surface area (Å²) in [6.45, 7) is 6.22. The monoisotopic (exact) mass is 395 g/mol. The number of aryl methyl sites for hydroxylation is 2. The molecule has 0 radical (unpaired) electrons. The number of furan rings is 1. The van der Waals surface area contributed by atoms with E-state index in [1.54, 1.807) is 25.1 Å². The number of Topliss-reactive ketones (excluding diaryl/α,β-unsaturated/α-hetero) is 1. The summed E-state index contributed by atoms with van der Waals surface area (Å²) in [6.07, 6.45) is 0. The van der Waals surface area contributed by atoms with Gasteiger partial charge in [0.15, 0.2) is 5.78 Å². The standard InChI is InChI=1S/C18H21NO7S/c1-5-24-15-7-6-13(10(2)20)8-14(15)9-25-18(21)16-11(3)26-12(4)17(16)27(19,22)23/h6-8H,5,9H2,1-4H3,(H2,19,22,23). The normalized spacial score (nSPS) is 11.3. The van der Waals surface area contributed by atoms with Gasteiger partial charge in [0, 0.05) is 11.1 Å². The van der Waals surface area contributed by atoms with E-state index in [1.165, 1.54) is 20.8 Å². The van der Waals surface area contributed by atoms with Gasteiger partial charge in [0.25, 0.3) is 0 Å². The molecule has 1 aromatic carbocycles. The van der Waals surface area contributed by atoms with Gasteiger partial charge in [-0.05, 0) is 45.9 Å². The van der Waals surface area contributed by atoms with Crippen LogP contribution >= 0.6 is 0 Å². The summed E-state index contributed by atoms with van der Waals surface area (Å²) in [5, 5.41) is 5.18. The minimum atomic E-state index is -4.17. The fourth-order valence-electron chi connectivity index (χ4n) is 2.66. The van der Waals surface area contributed by atoms with E-state index in [0.717, 1.165) is 0 Å². The molecule has 0 unspecified atom stereocenters. The van der Waals surface area contributed by atoms with E-state index in [9.17, 15) is 18.0 Å². The molecule has 9 heteroatoms. The van der Waals surface area contributed by atoms with Crippen molar-refractivity contribution in [3.8, 4) is 5.75 Å².